The molecule has 0 aromatic carbocycles. The summed E-state index contributed by atoms with van der Waals surface area (Å²) in [6.07, 6.45) is 1.09. The Balaban J connectivity index is 3.29. The summed E-state index contributed by atoms with van der Waals surface area (Å²) in [4.78, 5) is 0. The molecule has 0 aliphatic rings. The molecule has 50 valence electrons. The van der Waals surface area contributed by atoms with Gasteiger partial charge in [0.05, 0.1) is 6.67 Å². The fourth-order valence-corrected chi connectivity index (χ4v) is 0.554. The van der Waals surface area contributed by atoms with E-state index in [1.54, 1.807) is 0 Å². The zero-order chi connectivity index (χ0) is 6.57. The lowest BCUT2D eigenvalue weighted by Gasteiger charge is -2.12. The SMILES string of the molecule is CCC(C)C(C)CF. The maximum absolute atomic E-state index is 11.8. The Bertz CT molecular complexity index is 44.3. The molecule has 0 bridgehead atoms. The Morgan fingerprint density at radius 3 is 1.88 bits per heavy atom. The Kier molecular flexibility index (Phi) is 3.84. The molecule has 2 unspecified atom stereocenters. The van der Waals surface area contributed by atoms with Crippen LogP contribution in [0.15, 0.2) is 0 Å². The Labute approximate surface area is 51.1 Å². The van der Waals surface area contributed by atoms with Crippen molar-refractivity contribution < 1.29 is 4.39 Å². The summed E-state index contributed by atoms with van der Waals surface area (Å²) in [5.74, 6) is 0.792. The standard InChI is InChI=1S/C7H15F/c1-4-6(2)7(3)5-8/h6-7H,4-5H2,1-3H3. The molecule has 0 nitrogen and oxygen atoms in total. The van der Waals surface area contributed by atoms with Crippen LogP contribution in [0, 0.1) is 11.8 Å². The van der Waals surface area contributed by atoms with Gasteiger partial charge in [-0.1, -0.05) is 27.2 Å². The molecule has 0 saturated heterocycles. The van der Waals surface area contributed by atoms with Crippen LogP contribution < -0.4 is 0 Å². The van der Waals surface area contributed by atoms with E-state index < -0.39 is 0 Å². The largest absolute Gasteiger partial charge is 0.251 e. The molecule has 0 aliphatic carbocycles. The van der Waals surface area contributed by atoms with Crippen molar-refractivity contribution in [3.63, 3.8) is 0 Å². The smallest absolute Gasteiger partial charge is 0.0922 e. The van der Waals surface area contributed by atoms with E-state index in [1.165, 1.54) is 0 Å². The van der Waals surface area contributed by atoms with Crippen molar-refractivity contribution in [2.75, 3.05) is 6.67 Å². The van der Waals surface area contributed by atoms with E-state index >= 15 is 0 Å². The molecule has 0 aromatic rings. The van der Waals surface area contributed by atoms with E-state index in [4.69, 9.17) is 0 Å². The van der Waals surface area contributed by atoms with Gasteiger partial charge in [-0.05, 0) is 11.8 Å². The first-order chi connectivity index (χ1) is 3.72. The zero-order valence-electron chi connectivity index (χ0n) is 5.95. The highest BCUT2D eigenvalue weighted by atomic mass is 19.1. The molecule has 0 radical (unpaired) electrons. The van der Waals surface area contributed by atoms with Gasteiger partial charge >= 0.3 is 0 Å². The molecule has 0 N–H and O–H groups in total. The first kappa shape index (κ1) is 7.93. The fraction of sp³-hybridized carbons (Fsp3) is 1.00. The average Bonchev–Trinajstić information content (AvgIpc) is 1.84. The second-order valence-electron chi connectivity index (χ2n) is 2.52. The second kappa shape index (κ2) is 3.88. The van der Waals surface area contributed by atoms with Crippen LogP contribution >= 0.6 is 0 Å². The average molecular weight is 118 g/mol. The fourth-order valence-electron chi connectivity index (χ4n) is 0.554. The predicted molar refractivity (Wildman–Crippen MR) is 34.6 cm³/mol. The van der Waals surface area contributed by atoms with Gasteiger partial charge in [0, 0.05) is 0 Å². The van der Waals surface area contributed by atoms with Gasteiger partial charge < -0.3 is 0 Å². The van der Waals surface area contributed by atoms with E-state index in [-0.39, 0.29) is 12.6 Å². The predicted octanol–water partition coefficient (Wildman–Crippen LogP) is 2.64. The van der Waals surface area contributed by atoms with Crippen LogP contribution in [0.3, 0.4) is 0 Å². The van der Waals surface area contributed by atoms with Gasteiger partial charge in [-0.3, -0.25) is 4.39 Å². The molecule has 0 aliphatic heterocycles. The highest BCUT2D eigenvalue weighted by Crippen LogP contribution is 2.13. The minimum Gasteiger partial charge on any atom is -0.251 e. The maximum atomic E-state index is 11.8. The van der Waals surface area contributed by atoms with Crippen LogP contribution in [-0.4, -0.2) is 6.67 Å². The summed E-state index contributed by atoms with van der Waals surface area (Å²) in [5, 5.41) is 0. The van der Waals surface area contributed by atoms with Crippen LogP contribution in [0.4, 0.5) is 4.39 Å². The van der Waals surface area contributed by atoms with Crippen molar-refractivity contribution in [3.8, 4) is 0 Å². The third-order valence-corrected chi connectivity index (χ3v) is 1.86. The zero-order valence-corrected chi connectivity index (χ0v) is 5.95. The van der Waals surface area contributed by atoms with Gasteiger partial charge in [0.2, 0.25) is 0 Å². The number of rotatable bonds is 3. The minimum absolute atomic E-state index is 0.172. The van der Waals surface area contributed by atoms with Crippen molar-refractivity contribution in [1.29, 1.82) is 0 Å². The van der Waals surface area contributed by atoms with Gasteiger partial charge in [-0.25, -0.2) is 0 Å². The molecule has 8 heavy (non-hydrogen) atoms. The molecule has 2 atom stereocenters. The number of hydrogen-bond acceptors (Lipinski definition) is 0. The summed E-state index contributed by atoms with van der Waals surface area (Å²) in [6.45, 7) is 5.96. The van der Waals surface area contributed by atoms with E-state index in [2.05, 4.69) is 13.8 Å². The molecule has 0 fully saturated rings. The van der Waals surface area contributed by atoms with Crippen molar-refractivity contribution in [2.45, 2.75) is 27.2 Å². The molecule has 0 saturated carbocycles. The van der Waals surface area contributed by atoms with Gasteiger partial charge in [0.25, 0.3) is 0 Å². The van der Waals surface area contributed by atoms with Crippen molar-refractivity contribution >= 4 is 0 Å². The van der Waals surface area contributed by atoms with Crippen molar-refractivity contribution in [2.24, 2.45) is 11.8 Å². The third-order valence-electron chi connectivity index (χ3n) is 1.86. The summed E-state index contributed by atoms with van der Waals surface area (Å²) < 4.78 is 11.8. The van der Waals surface area contributed by atoms with Crippen LogP contribution in [0.25, 0.3) is 0 Å². The van der Waals surface area contributed by atoms with Crippen LogP contribution in [0.1, 0.15) is 27.2 Å². The van der Waals surface area contributed by atoms with E-state index in [0.29, 0.717) is 5.92 Å². The molecule has 0 rings (SSSR count). The van der Waals surface area contributed by atoms with Crippen LogP contribution in [0.5, 0.6) is 0 Å². The lowest BCUT2D eigenvalue weighted by Crippen LogP contribution is -2.07. The van der Waals surface area contributed by atoms with Gasteiger partial charge in [-0.15, -0.1) is 0 Å². The number of alkyl halides is 1. The lowest BCUT2D eigenvalue weighted by molar-refractivity contribution is 0.290. The molecule has 0 aromatic heterocycles. The molecule has 0 spiro atoms. The first-order valence-corrected chi connectivity index (χ1v) is 3.28. The van der Waals surface area contributed by atoms with Gasteiger partial charge in [0.1, 0.15) is 0 Å². The summed E-state index contributed by atoms with van der Waals surface area (Å²) in [6, 6.07) is 0. The van der Waals surface area contributed by atoms with Gasteiger partial charge in [-0.2, -0.15) is 0 Å². The molecular formula is C7H15F. The number of hydrogen-bond donors (Lipinski definition) is 0. The Morgan fingerprint density at radius 2 is 1.75 bits per heavy atom. The van der Waals surface area contributed by atoms with Crippen LogP contribution in [-0.2, 0) is 0 Å². The highest BCUT2D eigenvalue weighted by molar-refractivity contribution is 4.57. The maximum Gasteiger partial charge on any atom is 0.0922 e. The minimum atomic E-state index is -0.172. The highest BCUT2D eigenvalue weighted by Gasteiger charge is 2.07. The van der Waals surface area contributed by atoms with E-state index in [0.717, 1.165) is 6.42 Å². The molecule has 1 heteroatoms. The first-order valence-electron chi connectivity index (χ1n) is 3.28. The normalized spacial score (nSPS) is 18.0. The number of halogens is 1. The van der Waals surface area contributed by atoms with Crippen LogP contribution in [0.2, 0.25) is 0 Å². The Morgan fingerprint density at radius 1 is 1.25 bits per heavy atom. The van der Waals surface area contributed by atoms with E-state index in [1.807, 2.05) is 6.92 Å². The van der Waals surface area contributed by atoms with E-state index in [9.17, 15) is 4.39 Å². The molecular weight excluding hydrogens is 103 g/mol. The second-order valence-corrected chi connectivity index (χ2v) is 2.52. The molecule has 0 heterocycles. The van der Waals surface area contributed by atoms with Crippen molar-refractivity contribution in [1.82, 2.24) is 0 Å². The third kappa shape index (κ3) is 2.29. The van der Waals surface area contributed by atoms with Crippen molar-refractivity contribution in [3.05, 3.63) is 0 Å². The summed E-state index contributed by atoms with van der Waals surface area (Å²) in [5.41, 5.74) is 0. The topological polar surface area (TPSA) is 0 Å². The monoisotopic (exact) mass is 118 g/mol. The Hall–Kier alpha value is -0.0700. The lowest BCUT2D eigenvalue weighted by atomic mass is 9.95. The summed E-state index contributed by atoms with van der Waals surface area (Å²) in [7, 11) is 0. The van der Waals surface area contributed by atoms with Gasteiger partial charge in [0.15, 0.2) is 0 Å². The quantitative estimate of drug-likeness (QED) is 0.534. The molecule has 0 amide bonds. The summed E-state index contributed by atoms with van der Waals surface area (Å²) >= 11 is 0.